The zero-order valence-corrected chi connectivity index (χ0v) is 17.9. The van der Waals surface area contributed by atoms with E-state index in [9.17, 15) is 14.7 Å². The van der Waals surface area contributed by atoms with Crippen LogP contribution in [0.4, 0.5) is 10.6 Å². The number of halogens is 1. The van der Waals surface area contributed by atoms with Gasteiger partial charge in [0.2, 0.25) is 0 Å². The Morgan fingerprint density at radius 3 is 2.81 bits per heavy atom. The lowest BCUT2D eigenvalue weighted by molar-refractivity contribution is 0.0996. The number of carbonyl (C=O) groups is 2. The first-order valence-electron chi connectivity index (χ1n) is 9.57. The molecule has 0 aromatic carbocycles. The third-order valence-electron chi connectivity index (χ3n) is 5.05. The number of anilines is 1. The van der Waals surface area contributed by atoms with Crippen molar-refractivity contribution in [1.82, 2.24) is 29.6 Å². The monoisotopic (exact) mass is 441 g/mol. The van der Waals surface area contributed by atoms with Crippen molar-refractivity contribution in [2.45, 2.75) is 33.0 Å². The van der Waals surface area contributed by atoms with Gasteiger partial charge in [0.25, 0.3) is 5.91 Å². The summed E-state index contributed by atoms with van der Waals surface area (Å²) in [5.74, 6) is 0.786. The van der Waals surface area contributed by atoms with Crippen LogP contribution in [0.15, 0.2) is 30.6 Å². The minimum absolute atomic E-state index is 0.0182. The summed E-state index contributed by atoms with van der Waals surface area (Å²) in [5.41, 5.74) is 2.07. The number of fused-ring (bicyclic) bond motifs is 1. The number of amides is 2. The van der Waals surface area contributed by atoms with Gasteiger partial charge in [0.15, 0.2) is 5.82 Å². The SMILES string of the molecule is CC(C)n1cnnc1-c1cccc(N2Cc3c(cc(Cl)nc3CN(C)C(=O)O)C2=O)n1. The summed E-state index contributed by atoms with van der Waals surface area (Å²) in [7, 11) is 1.43. The van der Waals surface area contributed by atoms with Crippen LogP contribution in [0.5, 0.6) is 0 Å². The van der Waals surface area contributed by atoms with Gasteiger partial charge >= 0.3 is 6.09 Å². The van der Waals surface area contributed by atoms with Crippen LogP contribution in [0.2, 0.25) is 5.15 Å². The molecule has 4 rings (SSSR count). The molecular formula is C20H20ClN7O3. The van der Waals surface area contributed by atoms with Gasteiger partial charge in [-0.25, -0.2) is 14.8 Å². The van der Waals surface area contributed by atoms with E-state index in [0.29, 0.717) is 34.2 Å². The zero-order chi connectivity index (χ0) is 22.3. The van der Waals surface area contributed by atoms with Crippen molar-refractivity contribution in [3.8, 4) is 11.5 Å². The Kier molecular flexibility index (Phi) is 5.32. The minimum Gasteiger partial charge on any atom is -0.465 e. The van der Waals surface area contributed by atoms with Crippen LogP contribution in [0.25, 0.3) is 11.5 Å². The number of aromatic nitrogens is 5. The lowest BCUT2D eigenvalue weighted by Crippen LogP contribution is -2.25. The van der Waals surface area contributed by atoms with E-state index in [1.807, 2.05) is 24.5 Å². The van der Waals surface area contributed by atoms with Crippen molar-refractivity contribution < 1.29 is 14.7 Å². The molecular weight excluding hydrogens is 422 g/mol. The molecule has 0 radical (unpaired) electrons. The van der Waals surface area contributed by atoms with Crippen LogP contribution in [-0.2, 0) is 13.1 Å². The van der Waals surface area contributed by atoms with Crippen LogP contribution >= 0.6 is 11.6 Å². The first-order chi connectivity index (χ1) is 14.8. The van der Waals surface area contributed by atoms with E-state index < -0.39 is 6.09 Å². The highest BCUT2D eigenvalue weighted by Gasteiger charge is 2.33. The summed E-state index contributed by atoms with van der Waals surface area (Å²) in [4.78, 5) is 35.9. The Labute approximate surface area is 183 Å². The second-order valence-electron chi connectivity index (χ2n) is 7.48. The maximum absolute atomic E-state index is 13.1. The van der Waals surface area contributed by atoms with Gasteiger partial charge in [-0.2, -0.15) is 0 Å². The van der Waals surface area contributed by atoms with Gasteiger partial charge in [-0.1, -0.05) is 17.7 Å². The highest BCUT2D eigenvalue weighted by Crippen LogP contribution is 2.32. The molecule has 10 nitrogen and oxygen atoms in total. The molecule has 0 fully saturated rings. The number of nitrogens with zero attached hydrogens (tertiary/aromatic N) is 7. The van der Waals surface area contributed by atoms with E-state index >= 15 is 0 Å². The van der Waals surface area contributed by atoms with E-state index in [0.717, 1.165) is 4.90 Å². The fourth-order valence-electron chi connectivity index (χ4n) is 3.44. The first-order valence-corrected chi connectivity index (χ1v) is 9.95. The van der Waals surface area contributed by atoms with Crippen molar-refractivity contribution in [3.05, 3.63) is 52.6 Å². The smallest absolute Gasteiger partial charge is 0.407 e. The molecule has 3 aromatic rings. The summed E-state index contributed by atoms with van der Waals surface area (Å²) < 4.78 is 1.90. The average Bonchev–Trinajstić information content (AvgIpc) is 3.34. The number of pyridine rings is 2. The fraction of sp³-hybridized carbons (Fsp3) is 0.300. The second-order valence-corrected chi connectivity index (χ2v) is 7.87. The van der Waals surface area contributed by atoms with Crippen molar-refractivity contribution in [1.29, 1.82) is 0 Å². The summed E-state index contributed by atoms with van der Waals surface area (Å²) in [6.07, 6.45) is 0.546. The standard InChI is InChI=1S/C20H20ClN7O3/c1-11(2)28-10-22-25-18(28)14-5-4-6-17(24-14)27-8-13-12(19(27)29)7-16(21)23-15(13)9-26(3)20(30)31/h4-7,10-11H,8-9H2,1-3H3,(H,30,31). The van der Waals surface area contributed by atoms with Gasteiger partial charge in [-0.15, -0.1) is 10.2 Å². The topological polar surface area (TPSA) is 117 Å². The third kappa shape index (κ3) is 3.81. The van der Waals surface area contributed by atoms with Crippen LogP contribution in [0, 0.1) is 0 Å². The lowest BCUT2D eigenvalue weighted by Gasteiger charge is -2.17. The Balaban J connectivity index is 1.70. The van der Waals surface area contributed by atoms with Gasteiger partial charge in [0.05, 0.1) is 18.8 Å². The maximum Gasteiger partial charge on any atom is 0.407 e. The van der Waals surface area contributed by atoms with Gasteiger partial charge in [-0.05, 0) is 32.0 Å². The Morgan fingerprint density at radius 2 is 2.10 bits per heavy atom. The van der Waals surface area contributed by atoms with Crippen molar-refractivity contribution >= 4 is 29.4 Å². The second kappa shape index (κ2) is 7.95. The van der Waals surface area contributed by atoms with E-state index in [1.54, 1.807) is 18.5 Å². The molecule has 2 amide bonds. The van der Waals surface area contributed by atoms with Crippen LogP contribution < -0.4 is 4.90 Å². The fourth-order valence-corrected chi connectivity index (χ4v) is 3.65. The van der Waals surface area contributed by atoms with Crippen LogP contribution in [-0.4, -0.2) is 53.8 Å². The molecule has 160 valence electrons. The zero-order valence-electron chi connectivity index (χ0n) is 17.2. The summed E-state index contributed by atoms with van der Waals surface area (Å²) >= 11 is 6.11. The molecule has 0 saturated carbocycles. The Hall–Kier alpha value is -3.53. The Morgan fingerprint density at radius 1 is 1.32 bits per heavy atom. The van der Waals surface area contributed by atoms with Gasteiger partial charge < -0.3 is 14.6 Å². The van der Waals surface area contributed by atoms with Gasteiger partial charge in [0.1, 0.15) is 23.0 Å². The van der Waals surface area contributed by atoms with Crippen molar-refractivity contribution in [3.63, 3.8) is 0 Å². The molecule has 3 aromatic heterocycles. The number of carbonyl (C=O) groups excluding carboxylic acids is 1. The number of carboxylic acid groups (broad SMARTS) is 1. The molecule has 0 unspecified atom stereocenters. The van der Waals surface area contributed by atoms with Crippen molar-refractivity contribution in [2.75, 3.05) is 11.9 Å². The maximum atomic E-state index is 13.1. The van der Waals surface area contributed by atoms with Crippen LogP contribution in [0.3, 0.4) is 0 Å². The molecule has 1 aliphatic rings. The van der Waals surface area contributed by atoms with Gasteiger partial charge in [-0.3, -0.25) is 9.69 Å². The quantitative estimate of drug-likeness (QED) is 0.604. The Bertz CT molecular complexity index is 1180. The van der Waals surface area contributed by atoms with Crippen LogP contribution in [0.1, 0.15) is 41.5 Å². The highest BCUT2D eigenvalue weighted by molar-refractivity contribution is 6.30. The predicted octanol–water partition coefficient (Wildman–Crippen LogP) is 3.24. The molecule has 0 saturated heterocycles. The molecule has 11 heteroatoms. The molecule has 1 N–H and O–H groups in total. The summed E-state index contributed by atoms with van der Waals surface area (Å²) in [6, 6.07) is 7.00. The number of hydrogen-bond donors (Lipinski definition) is 1. The normalized spacial score (nSPS) is 13.1. The van der Waals surface area contributed by atoms with E-state index in [4.69, 9.17) is 11.6 Å². The van der Waals surface area contributed by atoms with Crippen molar-refractivity contribution in [2.24, 2.45) is 0 Å². The largest absolute Gasteiger partial charge is 0.465 e. The van der Waals surface area contributed by atoms with E-state index in [-0.39, 0.29) is 30.2 Å². The van der Waals surface area contributed by atoms with Gasteiger partial charge in [0, 0.05) is 24.2 Å². The molecule has 31 heavy (non-hydrogen) atoms. The molecule has 0 aliphatic carbocycles. The minimum atomic E-state index is -1.10. The van der Waals surface area contributed by atoms with E-state index in [2.05, 4.69) is 20.2 Å². The van der Waals surface area contributed by atoms with E-state index in [1.165, 1.54) is 18.0 Å². The summed E-state index contributed by atoms with van der Waals surface area (Å²) in [6.45, 7) is 4.27. The average molecular weight is 442 g/mol. The molecule has 1 aliphatic heterocycles. The molecule has 0 atom stereocenters. The number of hydrogen-bond acceptors (Lipinski definition) is 6. The summed E-state index contributed by atoms with van der Waals surface area (Å²) in [5, 5.41) is 17.5. The molecule has 0 bridgehead atoms. The molecule has 4 heterocycles. The predicted molar refractivity (Wildman–Crippen MR) is 113 cm³/mol. The molecule has 0 spiro atoms. The number of rotatable bonds is 5. The third-order valence-corrected chi connectivity index (χ3v) is 5.25. The highest BCUT2D eigenvalue weighted by atomic mass is 35.5. The lowest BCUT2D eigenvalue weighted by atomic mass is 10.1. The first kappa shape index (κ1) is 20.7.